The molecule has 1 heterocycles. The molecule has 0 fully saturated rings. The van der Waals surface area contributed by atoms with Crippen LogP contribution in [0.4, 0.5) is 0 Å². The lowest BCUT2D eigenvalue weighted by Gasteiger charge is -1.96. The zero-order chi connectivity index (χ0) is 10.1. The molecule has 0 amide bonds. The molecule has 0 N–H and O–H groups in total. The lowest BCUT2D eigenvalue weighted by molar-refractivity contribution is -0.108. The molecule has 0 aliphatic rings. The summed E-state index contributed by atoms with van der Waals surface area (Å²) in [6, 6.07) is 4.14. The highest BCUT2D eigenvalue weighted by atomic mass is 16.1. The van der Waals surface area contributed by atoms with Crippen LogP contribution in [0.15, 0.2) is 18.3 Å². The minimum absolute atomic E-state index is 0.326. The van der Waals surface area contributed by atoms with E-state index in [4.69, 9.17) is 0 Å². The molecule has 1 aromatic carbocycles. The van der Waals surface area contributed by atoms with Crippen molar-refractivity contribution in [2.45, 2.75) is 20.4 Å². The molecule has 3 nitrogen and oxygen atoms in total. The molecular weight excluding hydrogens is 176 g/mol. The summed E-state index contributed by atoms with van der Waals surface area (Å²) in [4.78, 5) is 10.3. The molecule has 0 atom stereocenters. The molecule has 0 saturated heterocycles. The number of hydrogen-bond acceptors (Lipinski definition) is 2. The van der Waals surface area contributed by atoms with E-state index in [0.29, 0.717) is 6.54 Å². The maximum absolute atomic E-state index is 10.3. The molecule has 0 spiro atoms. The summed E-state index contributed by atoms with van der Waals surface area (Å²) in [6.07, 6.45) is 2.75. The zero-order valence-electron chi connectivity index (χ0n) is 8.32. The number of aldehydes is 1. The Bertz CT molecular complexity index is 446. The van der Waals surface area contributed by atoms with Crippen molar-refractivity contribution < 1.29 is 4.79 Å². The molecule has 0 aliphatic carbocycles. The molecular formula is C11H12N2O. The van der Waals surface area contributed by atoms with Gasteiger partial charge in [0.15, 0.2) is 0 Å². The summed E-state index contributed by atoms with van der Waals surface area (Å²) in [7, 11) is 0. The number of aromatic nitrogens is 2. The van der Waals surface area contributed by atoms with E-state index < -0.39 is 0 Å². The average Bonchev–Trinajstić information content (AvgIpc) is 2.48. The fraction of sp³-hybridized carbons (Fsp3) is 0.273. The van der Waals surface area contributed by atoms with Gasteiger partial charge in [-0.3, -0.25) is 4.68 Å². The van der Waals surface area contributed by atoms with E-state index in [1.165, 1.54) is 11.1 Å². The predicted octanol–water partition coefficient (Wildman–Crippen LogP) is 1.85. The molecule has 0 aliphatic heterocycles. The van der Waals surface area contributed by atoms with Crippen LogP contribution in [0, 0.1) is 13.8 Å². The van der Waals surface area contributed by atoms with Gasteiger partial charge in [-0.05, 0) is 37.1 Å². The molecule has 3 heteroatoms. The summed E-state index contributed by atoms with van der Waals surface area (Å²) < 4.78 is 1.66. The molecule has 2 aromatic rings. The van der Waals surface area contributed by atoms with Crippen molar-refractivity contribution in [2.24, 2.45) is 0 Å². The lowest BCUT2D eigenvalue weighted by atomic mass is 10.1. The second kappa shape index (κ2) is 3.25. The molecule has 14 heavy (non-hydrogen) atoms. The number of hydrogen-bond donors (Lipinski definition) is 0. The van der Waals surface area contributed by atoms with Crippen molar-refractivity contribution >= 4 is 17.2 Å². The molecule has 2 rings (SSSR count). The van der Waals surface area contributed by atoms with Crippen LogP contribution in [0.3, 0.4) is 0 Å². The van der Waals surface area contributed by atoms with Crippen molar-refractivity contribution in [3.05, 3.63) is 29.5 Å². The van der Waals surface area contributed by atoms with Gasteiger partial charge in [-0.2, -0.15) is 5.10 Å². The fourth-order valence-electron chi connectivity index (χ4n) is 1.51. The van der Waals surface area contributed by atoms with Gasteiger partial charge in [0.1, 0.15) is 6.29 Å². The number of nitrogens with zero attached hydrogens (tertiary/aromatic N) is 2. The van der Waals surface area contributed by atoms with E-state index in [1.807, 2.05) is 12.3 Å². The smallest absolute Gasteiger partial charge is 0.141 e. The van der Waals surface area contributed by atoms with Gasteiger partial charge in [0, 0.05) is 11.6 Å². The Kier molecular flexibility index (Phi) is 2.08. The van der Waals surface area contributed by atoms with Crippen molar-refractivity contribution in [1.29, 1.82) is 0 Å². The fourth-order valence-corrected chi connectivity index (χ4v) is 1.51. The minimum Gasteiger partial charge on any atom is -0.301 e. The summed E-state index contributed by atoms with van der Waals surface area (Å²) in [5, 5.41) is 5.38. The molecule has 0 radical (unpaired) electrons. The molecule has 1 aromatic heterocycles. The number of carbonyl (C=O) groups excluding carboxylic acids is 1. The van der Waals surface area contributed by atoms with Crippen LogP contribution in [-0.2, 0) is 11.3 Å². The Morgan fingerprint density at radius 3 is 2.79 bits per heavy atom. The van der Waals surface area contributed by atoms with Crippen LogP contribution in [0.1, 0.15) is 11.1 Å². The molecule has 0 unspecified atom stereocenters. The van der Waals surface area contributed by atoms with E-state index in [-0.39, 0.29) is 0 Å². The Hall–Kier alpha value is -1.64. The molecule has 72 valence electrons. The van der Waals surface area contributed by atoms with E-state index in [0.717, 1.165) is 17.2 Å². The lowest BCUT2D eigenvalue weighted by Crippen LogP contribution is -1.97. The van der Waals surface area contributed by atoms with E-state index in [1.54, 1.807) is 4.68 Å². The average molecular weight is 188 g/mol. The largest absolute Gasteiger partial charge is 0.301 e. The highest BCUT2D eigenvalue weighted by Gasteiger charge is 2.02. The Morgan fingerprint density at radius 1 is 1.36 bits per heavy atom. The Balaban J connectivity index is 2.59. The van der Waals surface area contributed by atoms with E-state index in [2.05, 4.69) is 25.0 Å². The third-order valence-electron chi connectivity index (χ3n) is 2.43. The number of fused-ring (bicyclic) bond motifs is 1. The van der Waals surface area contributed by atoms with Crippen molar-refractivity contribution in [3.63, 3.8) is 0 Å². The van der Waals surface area contributed by atoms with Gasteiger partial charge in [0.25, 0.3) is 0 Å². The monoisotopic (exact) mass is 188 g/mol. The van der Waals surface area contributed by atoms with Gasteiger partial charge >= 0.3 is 0 Å². The van der Waals surface area contributed by atoms with Gasteiger partial charge in [-0.25, -0.2) is 0 Å². The number of aryl methyl sites for hydroxylation is 2. The van der Waals surface area contributed by atoms with Crippen LogP contribution in [0.25, 0.3) is 10.9 Å². The van der Waals surface area contributed by atoms with Crippen molar-refractivity contribution in [1.82, 2.24) is 9.78 Å². The van der Waals surface area contributed by atoms with Gasteiger partial charge in [0.2, 0.25) is 0 Å². The number of carbonyl (C=O) groups is 1. The second-order valence-corrected chi connectivity index (χ2v) is 3.51. The van der Waals surface area contributed by atoms with Gasteiger partial charge < -0.3 is 4.79 Å². The minimum atomic E-state index is 0.326. The molecule has 0 bridgehead atoms. The summed E-state index contributed by atoms with van der Waals surface area (Å²) in [6.45, 7) is 4.46. The summed E-state index contributed by atoms with van der Waals surface area (Å²) in [5.41, 5.74) is 3.44. The number of rotatable bonds is 2. The van der Waals surface area contributed by atoms with Crippen LogP contribution in [0.5, 0.6) is 0 Å². The first-order chi connectivity index (χ1) is 6.70. The van der Waals surface area contributed by atoms with Gasteiger partial charge in [-0.1, -0.05) is 0 Å². The van der Waals surface area contributed by atoms with Crippen molar-refractivity contribution in [2.75, 3.05) is 0 Å². The SMILES string of the molecule is Cc1cc2cn(CC=O)nc2cc1C. The maximum atomic E-state index is 10.3. The van der Waals surface area contributed by atoms with Crippen molar-refractivity contribution in [3.8, 4) is 0 Å². The molecule has 0 saturated carbocycles. The van der Waals surface area contributed by atoms with Crippen LogP contribution < -0.4 is 0 Å². The highest BCUT2D eigenvalue weighted by Crippen LogP contribution is 2.17. The normalized spacial score (nSPS) is 10.7. The van der Waals surface area contributed by atoms with E-state index >= 15 is 0 Å². The van der Waals surface area contributed by atoms with Crippen LogP contribution >= 0.6 is 0 Å². The Morgan fingerprint density at radius 2 is 2.07 bits per heavy atom. The summed E-state index contributed by atoms with van der Waals surface area (Å²) >= 11 is 0. The second-order valence-electron chi connectivity index (χ2n) is 3.51. The topological polar surface area (TPSA) is 34.9 Å². The quantitative estimate of drug-likeness (QED) is 0.674. The number of benzene rings is 1. The third-order valence-corrected chi connectivity index (χ3v) is 2.43. The third kappa shape index (κ3) is 1.41. The highest BCUT2D eigenvalue weighted by molar-refractivity contribution is 5.80. The first kappa shape index (κ1) is 8.94. The zero-order valence-corrected chi connectivity index (χ0v) is 8.32. The standard InChI is InChI=1S/C11H12N2O/c1-8-5-10-7-13(3-4-14)12-11(10)6-9(8)2/h4-7H,3H2,1-2H3. The predicted molar refractivity (Wildman–Crippen MR) is 55.3 cm³/mol. The van der Waals surface area contributed by atoms with Gasteiger partial charge in [-0.15, -0.1) is 0 Å². The Labute approximate surface area is 82.3 Å². The van der Waals surface area contributed by atoms with Crippen LogP contribution in [-0.4, -0.2) is 16.1 Å². The first-order valence-corrected chi connectivity index (χ1v) is 4.59. The summed E-state index contributed by atoms with van der Waals surface area (Å²) in [5.74, 6) is 0. The maximum Gasteiger partial charge on any atom is 0.141 e. The van der Waals surface area contributed by atoms with Gasteiger partial charge in [0.05, 0.1) is 12.1 Å². The first-order valence-electron chi connectivity index (χ1n) is 4.59. The van der Waals surface area contributed by atoms with Crippen LogP contribution in [0.2, 0.25) is 0 Å². The van der Waals surface area contributed by atoms with E-state index in [9.17, 15) is 4.79 Å².